The Bertz CT molecular complexity index is 314. The molecule has 1 aromatic carbocycles. The zero-order valence-electron chi connectivity index (χ0n) is 8.44. The monoisotopic (exact) mass is 192 g/mol. The molecule has 0 unspecified atom stereocenters. The second kappa shape index (κ2) is 3.88. The van der Waals surface area contributed by atoms with E-state index in [0.29, 0.717) is 6.10 Å². The molecule has 14 heavy (non-hydrogen) atoms. The molecule has 0 bridgehead atoms. The van der Waals surface area contributed by atoms with E-state index >= 15 is 0 Å². The van der Waals surface area contributed by atoms with Crippen molar-refractivity contribution in [2.24, 2.45) is 0 Å². The fourth-order valence-electron chi connectivity index (χ4n) is 1.91. The highest BCUT2D eigenvalue weighted by Gasteiger charge is 2.22. The number of hydrogen-bond donors (Lipinski definition) is 1. The van der Waals surface area contributed by atoms with Crippen LogP contribution in [0.2, 0.25) is 0 Å². The van der Waals surface area contributed by atoms with Gasteiger partial charge in [0.25, 0.3) is 0 Å². The van der Waals surface area contributed by atoms with Gasteiger partial charge in [-0.1, -0.05) is 12.1 Å². The first-order valence-electron chi connectivity index (χ1n) is 4.93. The van der Waals surface area contributed by atoms with E-state index in [2.05, 4.69) is 11.0 Å². The third kappa shape index (κ3) is 1.68. The smallest absolute Gasteiger partial charge is 0.0762 e. The minimum absolute atomic E-state index is 0.356. The van der Waals surface area contributed by atoms with Crippen molar-refractivity contribution in [1.29, 1.82) is 0 Å². The van der Waals surface area contributed by atoms with E-state index in [9.17, 15) is 0 Å². The zero-order chi connectivity index (χ0) is 9.97. The summed E-state index contributed by atoms with van der Waals surface area (Å²) in [6.07, 6.45) is 1.44. The average molecular weight is 192 g/mol. The summed E-state index contributed by atoms with van der Waals surface area (Å²) < 4.78 is 5.32. The molecule has 0 spiro atoms. The highest BCUT2D eigenvalue weighted by molar-refractivity contribution is 5.67. The summed E-state index contributed by atoms with van der Waals surface area (Å²) in [5, 5.41) is 0. The van der Waals surface area contributed by atoms with E-state index in [4.69, 9.17) is 10.5 Å². The summed E-state index contributed by atoms with van der Waals surface area (Å²) in [7, 11) is 1.77. The number of nitrogen functional groups attached to an aromatic ring is 1. The number of nitrogens with zero attached hydrogens (tertiary/aromatic N) is 1. The first-order chi connectivity index (χ1) is 6.81. The maximum absolute atomic E-state index is 5.90. The fraction of sp³-hybridized carbons (Fsp3) is 0.455. The molecule has 1 aliphatic heterocycles. The highest BCUT2D eigenvalue weighted by atomic mass is 16.5. The number of ether oxygens (including phenoxy) is 1. The summed E-state index contributed by atoms with van der Waals surface area (Å²) in [6.45, 7) is 1.98. The first kappa shape index (κ1) is 9.34. The molecule has 2 N–H and O–H groups in total. The van der Waals surface area contributed by atoms with Gasteiger partial charge in [0.1, 0.15) is 0 Å². The van der Waals surface area contributed by atoms with Gasteiger partial charge in [-0.15, -0.1) is 0 Å². The largest absolute Gasteiger partial charge is 0.397 e. The fourth-order valence-corrected chi connectivity index (χ4v) is 1.91. The van der Waals surface area contributed by atoms with Crippen molar-refractivity contribution in [2.45, 2.75) is 12.5 Å². The van der Waals surface area contributed by atoms with E-state index < -0.39 is 0 Å². The van der Waals surface area contributed by atoms with Gasteiger partial charge in [-0.25, -0.2) is 0 Å². The Morgan fingerprint density at radius 1 is 1.43 bits per heavy atom. The minimum atomic E-state index is 0.356. The molecule has 3 nitrogen and oxygen atoms in total. The number of rotatable bonds is 2. The molecule has 0 radical (unpaired) electrons. The van der Waals surface area contributed by atoms with Crippen LogP contribution in [0.25, 0.3) is 0 Å². The van der Waals surface area contributed by atoms with Crippen molar-refractivity contribution in [2.75, 3.05) is 30.8 Å². The first-order valence-corrected chi connectivity index (χ1v) is 4.93. The molecule has 1 saturated heterocycles. The Morgan fingerprint density at radius 3 is 2.86 bits per heavy atom. The van der Waals surface area contributed by atoms with Crippen LogP contribution in [0.1, 0.15) is 6.42 Å². The summed E-state index contributed by atoms with van der Waals surface area (Å²) in [5.41, 5.74) is 7.89. The van der Waals surface area contributed by atoms with Gasteiger partial charge in [-0.2, -0.15) is 0 Å². The van der Waals surface area contributed by atoms with Gasteiger partial charge in [0.05, 0.1) is 17.5 Å². The Balaban J connectivity index is 2.13. The quantitative estimate of drug-likeness (QED) is 0.721. The van der Waals surface area contributed by atoms with E-state index in [-0.39, 0.29) is 0 Å². The van der Waals surface area contributed by atoms with Crippen LogP contribution in [0.5, 0.6) is 0 Å². The van der Waals surface area contributed by atoms with Crippen LogP contribution in [-0.2, 0) is 4.74 Å². The molecule has 1 aliphatic rings. The maximum Gasteiger partial charge on any atom is 0.0762 e. The van der Waals surface area contributed by atoms with Crippen molar-refractivity contribution in [3.05, 3.63) is 24.3 Å². The Labute approximate surface area is 84.5 Å². The van der Waals surface area contributed by atoms with Gasteiger partial charge < -0.3 is 15.4 Å². The third-order valence-corrected chi connectivity index (χ3v) is 2.76. The molecule has 0 saturated carbocycles. The van der Waals surface area contributed by atoms with E-state index in [0.717, 1.165) is 30.9 Å². The predicted octanol–water partition coefficient (Wildman–Crippen LogP) is 1.49. The van der Waals surface area contributed by atoms with Crippen molar-refractivity contribution in [3.8, 4) is 0 Å². The number of para-hydroxylation sites is 2. The zero-order valence-corrected chi connectivity index (χ0v) is 8.44. The molecule has 0 aromatic heterocycles. The SMILES string of the molecule is CO[C@@H]1CCN(c2ccccc2N)C1. The molecule has 0 aliphatic carbocycles. The van der Waals surface area contributed by atoms with Crippen LogP contribution in [0.3, 0.4) is 0 Å². The molecule has 1 heterocycles. The van der Waals surface area contributed by atoms with Crippen LogP contribution < -0.4 is 10.6 Å². The Morgan fingerprint density at radius 2 is 2.21 bits per heavy atom. The van der Waals surface area contributed by atoms with Gasteiger partial charge >= 0.3 is 0 Å². The lowest BCUT2D eigenvalue weighted by Crippen LogP contribution is -2.22. The number of methoxy groups -OCH3 is 1. The van der Waals surface area contributed by atoms with Crippen LogP contribution in [0.4, 0.5) is 11.4 Å². The van der Waals surface area contributed by atoms with Crippen molar-refractivity contribution in [3.63, 3.8) is 0 Å². The van der Waals surface area contributed by atoms with Gasteiger partial charge in [-0.05, 0) is 18.6 Å². The van der Waals surface area contributed by atoms with E-state index in [1.807, 2.05) is 18.2 Å². The maximum atomic E-state index is 5.90. The van der Waals surface area contributed by atoms with Crippen molar-refractivity contribution < 1.29 is 4.74 Å². The number of benzene rings is 1. The molecule has 2 rings (SSSR count). The Hall–Kier alpha value is -1.22. The molecule has 3 heteroatoms. The van der Waals surface area contributed by atoms with Crippen molar-refractivity contribution >= 4 is 11.4 Å². The summed E-state index contributed by atoms with van der Waals surface area (Å²) >= 11 is 0. The van der Waals surface area contributed by atoms with Gasteiger partial charge in [0.15, 0.2) is 0 Å². The van der Waals surface area contributed by atoms with Crippen molar-refractivity contribution in [1.82, 2.24) is 0 Å². The molecule has 1 fully saturated rings. The summed E-state index contributed by atoms with van der Waals surface area (Å²) in [4.78, 5) is 2.28. The topological polar surface area (TPSA) is 38.5 Å². The number of anilines is 2. The minimum Gasteiger partial charge on any atom is -0.397 e. The summed E-state index contributed by atoms with van der Waals surface area (Å²) in [5.74, 6) is 0. The second-order valence-corrected chi connectivity index (χ2v) is 3.65. The molecule has 1 atom stereocenters. The number of hydrogen-bond acceptors (Lipinski definition) is 3. The van der Waals surface area contributed by atoms with E-state index in [1.165, 1.54) is 0 Å². The van der Waals surface area contributed by atoms with Gasteiger partial charge in [-0.3, -0.25) is 0 Å². The molecular formula is C11H16N2O. The van der Waals surface area contributed by atoms with Crippen LogP contribution >= 0.6 is 0 Å². The molecule has 0 amide bonds. The molecule has 1 aromatic rings. The van der Waals surface area contributed by atoms with Gasteiger partial charge in [0, 0.05) is 20.2 Å². The molecular weight excluding hydrogens is 176 g/mol. The second-order valence-electron chi connectivity index (χ2n) is 3.65. The van der Waals surface area contributed by atoms with Crippen LogP contribution in [0.15, 0.2) is 24.3 Å². The number of nitrogens with two attached hydrogens (primary N) is 1. The lowest BCUT2D eigenvalue weighted by Gasteiger charge is -2.19. The lowest BCUT2D eigenvalue weighted by molar-refractivity contribution is 0.121. The van der Waals surface area contributed by atoms with Crippen LogP contribution in [-0.4, -0.2) is 26.3 Å². The highest BCUT2D eigenvalue weighted by Crippen LogP contribution is 2.26. The van der Waals surface area contributed by atoms with Gasteiger partial charge in [0.2, 0.25) is 0 Å². The molecule has 76 valence electrons. The van der Waals surface area contributed by atoms with E-state index in [1.54, 1.807) is 7.11 Å². The third-order valence-electron chi connectivity index (χ3n) is 2.76. The van der Waals surface area contributed by atoms with Crippen LogP contribution in [0, 0.1) is 0 Å². The summed E-state index contributed by atoms with van der Waals surface area (Å²) in [6, 6.07) is 7.98. The lowest BCUT2D eigenvalue weighted by atomic mass is 10.2. The normalized spacial score (nSPS) is 21.5. The average Bonchev–Trinajstić information content (AvgIpc) is 2.67. The Kier molecular flexibility index (Phi) is 2.59. The standard InChI is InChI=1S/C11H16N2O/c1-14-9-6-7-13(8-9)11-5-3-2-4-10(11)12/h2-5,9H,6-8,12H2,1H3/t9-/m1/s1. The predicted molar refractivity (Wildman–Crippen MR) is 58.5 cm³/mol.